The standard InChI is InChI=1S/C14H18N2O4/c1-10(11-3-5-12(6-4-11)16(19)20)15-8-7-14(2,9-15)13(17)18/h3-6,10H,7-9H2,1-2H3,(H,17,18). The van der Waals surface area contributed by atoms with E-state index in [0.717, 1.165) is 12.1 Å². The number of carbonyl (C=O) groups is 1. The number of non-ortho nitro benzene ring substituents is 1. The normalized spacial score (nSPS) is 24.5. The van der Waals surface area contributed by atoms with Crippen LogP contribution >= 0.6 is 0 Å². The molecule has 6 nitrogen and oxygen atoms in total. The van der Waals surface area contributed by atoms with Crippen LogP contribution in [0.1, 0.15) is 31.9 Å². The fraction of sp³-hybridized carbons (Fsp3) is 0.500. The summed E-state index contributed by atoms with van der Waals surface area (Å²) in [7, 11) is 0. The van der Waals surface area contributed by atoms with Crippen LogP contribution in [0, 0.1) is 15.5 Å². The SMILES string of the molecule is CC(c1ccc([N+](=O)[O-])cc1)N1CCC(C)(C(=O)O)C1. The smallest absolute Gasteiger partial charge is 0.310 e. The lowest BCUT2D eigenvalue weighted by molar-refractivity contribution is -0.384. The van der Waals surface area contributed by atoms with E-state index in [9.17, 15) is 20.0 Å². The molecule has 2 atom stereocenters. The number of carboxylic acid groups (broad SMARTS) is 1. The Bertz CT molecular complexity index is 528. The highest BCUT2D eigenvalue weighted by Crippen LogP contribution is 2.35. The number of likely N-dealkylation sites (tertiary alicyclic amines) is 1. The van der Waals surface area contributed by atoms with Crippen LogP contribution < -0.4 is 0 Å². The van der Waals surface area contributed by atoms with Crippen molar-refractivity contribution >= 4 is 11.7 Å². The minimum Gasteiger partial charge on any atom is -0.481 e. The van der Waals surface area contributed by atoms with Crippen LogP contribution in [0.5, 0.6) is 0 Å². The lowest BCUT2D eigenvalue weighted by Gasteiger charge is -2.26. The summed E-state index contributed by atoms with van der Waals surface area (Å²) >= 11 is 0. The van der Waals surface area contributed by atoms with Crippen LogP contribution in [0.3, 0.4) is 0 Å². The predicted octanol–water partition coefficient (Wildman–Crippen LogP) is 2.45. The molecule has 0 saturated carbocycles. The number of hydrogen-bond acceptors (Lipinski definition) is 4. The zero-order chi connectivity index (χ0) is 14.9. The molecule has 1 aromatic rings. The molecule has 0 spiro atoms. The average Bonchev–Trinajstić information content (AvgIpc) is 2.82. The molecule has 0 amide bonds. The van der Waals surface area contributed by atoms with Crippen molar-refractivity contribution in [3.8, 4) is 0 Å². The minimum atomic E-state index is -0.768. The number of nitro groups is 1. The van der Waals surface area contributed by atoms with E-state index in [1.54, 1.807) is 19.1 Å². The topological polar surface area (TPSA) is 83.7 Å². The molecule has 0 radical (unpaired) electrons. The summed E-state index contributed by atoms with van der Waals surface area (Å²) in [6, 6.07) is 6.49. The van der Waals surface area contributed by atoms with Crippen LogP contribution in [0.25, 0.3) is 0 Å². The van der Waals surface area contributed by atoms with Crippen molar-refractivity contribution in [3.63, 3.8) is 0 Å². The summed E-state index contributed by atoms with van der Waals surface area (Å²) in [5, 5.41) is 19.9. The maximum atomic E-state index is 11.2. The van der Waals surface area contributed by atoms with Gasteiger partial charge in [-0.1, -0.05) is 12.1 Å². The van der Waals surface area contributed by atoms with Crippen molar-refractivity contribution in [1.29, 1.82) is 0 Å². The number of hydrogen-bond donors (Lipinski definition) is 1. The van der Waals surface area contributed by atoms with Crippen LogP contribution in [0.2, 0.25) is 0 Å². The molecule has 1 aliphatic heterocycles. The van der Waals surface area contributed by atoms with E-state index in [-0.39, 0.29) is 11.7 Å². The van der Waals surface area contributed by atoms with Gasteiger partial charge in [-0.15, -0.1) is 0 Å². The number of carboxylic acids is 1. The second kappa shape index (κ2) is 5.20. The van der Waals surface area contributed by atoms with Crippen molar-refractivity contribution in [2.45, 2.75) is 26.3 Å². The zero-order valence-corrected chi connectivity index (χ0v) is 11.6. The zero-order valence-electron chi connectivity index (χ0n) is 11.6. The summed E-state index contributed by atoms with van der Waals surface area (Å²) in [6.45, 7) is 4.98. The Morgan fingerprint density at radius 1 is 1.45 bits per heavy atom. The molecule has 2 rings (SSSR count). The van der Waals surface area contributed by atoms with E-state index in [2.05, 4.69) is 4.90 Å². The summed E-state index contributed by atoms with van der Waals surface area (Å²) in [6.07, 6.45) is 0.625. The van der Waals surface area contributed by atoms with E-state index in [4.69, 9.17) is 0 Å². The Morgan fingerprint density at radius 2 is 2.05 bits per heavy atom. The first-order valence-electron chi connectivity index (χ1n) is 6.55. The molecular weight excluding hydrogens is 260 g/mol. The molecular formula is C14H18N2O4. The summed E-state index contributed by atoms with van der Waals surface area (Å²) < 4.78 is 0. The molecule has 1 saturated heterocycles. The van der Waals surface area contributed by atoms with Crippen LogP contribution in [0.4, 0.5) is 5.69 Å². The molecule has 1 N–H and O–H groups in total. The lowest BCUT2D eigenvalue weighted by Crippen LogP contribution is -2.32. The van der Waals surface area contributed by atoms with Gasteiger partial charge in [0.2, 0.25) is 0 Å². The third-order valence-electron chi connectivity index (χ3n) is 4.15. The monoisotopic (exact) mass is 278 g/mol. The van der Waals surface area contributed by atoms with Crippen LogP contribution in [-0.2, 0) is 4.79 Å². The third-order valence-corrected chi connectivity index (χ3v) is 4.15. The van der Waals surface area contributed by atoms with E-state index in [0.29, 0.717) is 13.0 Å². The fourth-order valence-electron chi connectivity index (χ4n) is 2.59. The fourth-order valence-corrected chi connectivity index (χ4v) is 2.59. The Morgan fingerprint density at radius 3 is 2.50 bits per heavy atom. The van der Waals surface area contributed by atoms with Gasteiger partial charge < -0.3 is 5.11 Å². The predicted molar refractivity (Wildman–Crippen MR) is 73.4 cm³/mol. The first kappa shape index (κ1) is 14.5. The van der Waals surface area contributed by atoms with Gasteiger partial charge in [-0.05, 0) is 32.4 Å². The Labute approximate surface area is 117 Å². The Balaban J connectivity index is 2.11. The summed E-state index contributed by atoms with van der Waals surface area (Å²) in [4.78, 5) is 23.6. The first-order valence-corrected chi connectivity index (χ1v) is 6.55. The van der Waals surface area contributed by atoms with E-state index >= 15 is 0 Å². The van der Waals surface area contributed by atoms with Crippen molar-refractivity contribution in [1.82, 2.24) is 4.90 Å². The highest BCUT2D eigenvalue weighted by molar-refractivity contribution is 5.74. The second-order valence-corrected chi connectivity index (χ2v) is 5.61. The molecule has 0 bridgehead atoms. The van der Waals surface area contributed by atoms with E-state index < -0.39 is 16.3 Å². The van der Waals surface area contributed by atoms with Gasteiger partial charge in [0, 0.05) is 24.7 Å². The van der Waals surface area contributed by atoms with Gasteiger partial charge >= 0.3 is 5.97 Å². The highest BCUT2D eigenvalue weighted by Gasteiger charge is 2.41. The quantitative estimate of drug-likeness (QED) is 0.675. The molecule has 1 aliphatic rings. The van der Waals surface area contributed by atoms with Gasteiger partial charge in [0.05, 0.1) is 10.3 Å². The molecule has 0 aromatic heterocycles. The first-order chi connectivity index (χ1) is 9.33. The number of nitro benzene ring substituents is 1. The highest BCUT2D eigenvalue weighted by atomic mass is 16.6. The van der Waals surface area contributed by atoms with Crippen molar-refractivity contribution in [2.75, 3.05) is 13.1 Å². The van der Waals surface area contributed by atoms with Gasteiger partial charge in [-0.3, -0.25) is 19.8 Å². The lowest BCUT2D eigenvalue weighted by atomic mass is 9.90. The van der Waals surface area contributed by atoms with Crippen molar-refractivity contribution in [2.24, 2.45) is 5.41 Å². The maximum absolute atomic E-state index is 11.2. The molecule has 0 aliphatic carbocycles. The Kier molecular flexibility index (Phi) is 3.76. The summed E-state index contributed by atoms with van der Waals surface area (Å²) in [5.41, 5.74) is 0.331. The molecule has 1 fully saturated rings. The van der Waals surface area contributed by atoms with Gasteiger partial charge in [-0.2, -0.15) is 0 Å². The van der Waals surface area contributed by atoms with Crippen LogP contribution in [0.15, 0.2) is 24.3 Å². The molecule has 6 heteroatoms. The molecule has 2 unspecified atom stereocenters. The van der Waals surface area contributed by atoms with Gasteiger partial charge in [0.25, 0.3) is 5.69 Å². The van der Waals surface area contributed by atoms with Gasteiger partial charge in [0.15, 0.2) is 0 Å². The average molecular weight is 278 g/mol. The largest absolute Gasteiger partial charge is 0.481 e. The van der Waals surface area contributed by atoms with Gasteiger partial charge in [-0.25, -0.2) is 0 Å². The van der Waals surface area contributed by atoms with Crippen LogP contribution in [-0.4, -0.2) is 34.0 Å². The summed E-state index contributed by atoms with van der Waals surface area (Å²) in [5.74, 6) is -0.768. The number of benzene rings is 1. The molecule has 1 aromatic carbocycles. The molecule has 1 heterocycles. The number of aliphatic carboxylic acids is 1. The number of nitrogens with zero attached hydrogens (tertiary/aromatic N) is 2. The maximum Gasteiger partial charge on any atom is 0.310 e. The third kappa shape index (κ3) is 2.65. The molecule has 108 valence electrons. The van der Waals surface area contributed by atoms with Crippen molar-refractivity contribution < 1.29 is 14.8 Å². The van der Waals surface area contributed by atoms with E-state index in [1.807, 2.05) is 6.92 Å². The van der Waals surface area contributed by atoms with E-state index in [1.165, 1.54) is 12.1 Å². The Hall–Kier alpha value is -1.95. The minimum absolute atomic E-state index is 0.0528. The second-order valence-electron chi connectivity index (χ2n) is 5.61. The van der Waals surface area contributed by atoms with Gasteiger partial charge in [0.1, 0.15) is 0 Å². The molecule has 20 heavy (non-hydrogen) atoms. The number of rotatable bonds is 4. The van der Waals surface area contributed by atoms with Crippen molar-refractivity contribution in [3.05, 3.63) is 39.9 Å².